The third-order valence-corrected chi connectivity index (χ3v) is 3.06. The van der Waals surface area contributed by atoms with Crippen molar-refractivity contribution in [3.8, 4) is 11.5 Å². The summed E-state index contributed by atoms with van der Waals surface area (Å²) < 4.78 is 5.72. The Hall–Kier alpha value is -2.29. The van der Waals surface area contributed by atoms with E-state index in [1.165, 1.54) is 0 Å². The van der Waals surface area contributed by atoms with E-state index in [2.05, 4.69) is 6.92 Å². The summed E-state index contributed by atoms with van der Waals surface area (Å²) in [6, 6.07) is 14.7. The normalized spacial score (nSPS) is 10.2. The molecule has 0 fully saturated rings. The Kier molecular flexibility index (Phi) is 4.77. The summed E-state index contributed by atoms with van der Waals surface area (Å²) in [5.41, 5.74) is 6.93. The van der Waals surface area contributed by atoms with Crippen molar-refractivity contribution < 1.29 is 9.53 Å². The van der Waals surface area contributed by atoms with Gasteiger partial charge >= 0.3 is 0 Å². The number of anilines is 1. The van der Waals surface area contributed by atoms with Gasteiger partial charge in [0.15, 0.2) is 5.78 Å². The van der Waals surface area contributed by atoms with Crippen molar-refractivity contribution in [3.63, 3.8) is 0 Å². The van der Waals surface area contributed by atoms with Gasteiger partial charge in [-0.15, -0.1) is 0 Å². The van der Waals surface area contributed by atoms with E-state index in [0.717, 1.165) is 18.6 Å². The number of para-hydroxylation sites is 1. The number of nitrogen functional groups attached to an aromatic ring is 1. The SMILES string of the molecule is CCCCC(=O)c1cc(Oc2ccccc2)ccc1N. The molecule has 0 saturated heterocycles. The second-order valence-electron chi connectivity index (χ2n) is 4.69. The highest BCUT2D eigenvalue weighted by molar-refractivity contribution is 6.01. The number of nitrogens with two attached hydrogens (primary N) is 1. The smallest absolute Gasteiger partial charge is 0.165 e. The molecular weight excluding hydrogens is 250 g/mol. The Bertz CT molecular complexity index is 579. The van der Waals surface area contributed by atoms with Gasteiger partial charge in [0, 0.05) is 17.7 Å². The van der Waals surface area contributed by atoms with Gasteiger partial charge in [-0.05, 0) is 36.8 Å². The molecule has 0 aromatic heterocycles. The summed E-state index contributed by atoms with van der Waals surface area (Å²) in [7, 11) is 0. The van der Waals surface area contributed by atoms with Gasteiger partial charge in [-0.25, -0.2) is 0 Å². The first-order valence-corrected chi connectivity index (χ1v) is 6.86. The third kappa shape index (κ3) is 3.60. The third-order valence-electron chi connectivity index (χ3n) is 3.06. The molecule has 0 aliphatic rings. The van der Waals surface area contributed by atoms with E-state index in [1.807, 2.05) is 30.3 Å². The van der Waals surface area contributed by atoms with Crippen LogP contribution in [0.25, 0.3) is 0 Å². The number of Topliss-reactive ketones (excluding diaryl/α,β-unsaturated/α-hetero) is 1. The Morgan fingerprint density at radius 1 is 1.10 bits per heavy atom. The van der Waals surface area contributed by atoms with Crippen LogP contribution in [0.2, 0.25) is 0 Å². The Morgan fingerprint density at radius 2 is 1.85 bits per heavy atom. The molecule has 0 amide bonds. The van der Waals surface area contributed by atoms with Crippen LogP contribution in [0.15, 0.2) is 48.5 Å². The van der Waals surface area contributed by atoms with Crippen LogP contribution in [0, 0.1) is 0 Å². The molecule has 2 aromatic rings. The minimum absolute atomic E-state index is 0.0721. The van der Waals surface area contributed by atoms with Gasteiger partial charge in [-0.3, -0.25) is 4.79 Å². The molecule has 0 spiro atoms. The molecule has 20 heavy (non-hydrogen) atoms. The van der Waals surface area contributed by atoms with Gasteiger partial charge in [0.05, 0.1) is 0 Å². The van der Waals surface area contributed by atoms with Crippen LogP contribution < -0.4 is 10.5 Å². The van der Waals surface area contributed by atoms with Crippen LogP contribution in [0.4, 0.5) is 5.69 Å². The number of rotatable bonds is 6. The van der Waals surface area contributed by atoms with Crippen LogP contribution in [0.1, 0.15) is 36.5 Å². The van der Waals surface area contributed by atoms with Crippen molar-refractivity contribution in [2.24, 2.45) is 0 Å². The standard InChI is InChI=1S/C17H19NO2/c1-2-3-9-17(19)15-12-14(10-11-16(15)18)20-13-7-5-4-6-8-13/h4-8,10-12H,2-3,9,18H2,1H3. The molecule has 3 nitrogen and oxygen atoms in total. The van der Waals surface area contributed by atoms with Crippen LogP contribution in [0.3, 0.4) is 0 Å². The number of unbranched alkanes of at least 4 members (excludes halogenated alkanes) is 1. The lowest BCUT2D eigenvalue weighted by Crippen LogP contribution is -2.04. The van der Waals surface area contributed by atoms with Crippen molar-refractivity contribution in [2.45, 2.75) is 26.2 Å². The molecule has 2 rings (SSSR count). The van der Waals surface area contributed by atoms with E-state index in [9.17, 15) is 4.79 Å². The predicted molar refractivity (Wildman–Crippen MR) is 81.2 cm³/mol. The largest absolute Gasteiger partial charge is 0.457 e. The van der Waals surface area contributed by atoms with E-state index in [0.29, 0.717) is 23.4 Å². The van der Waals surface area contributed by atoms with Crippen LogP contribution >= 0.6 is 0 Å². The zero-order chi connectivity index (χ0) is 14.4. The van der Waals surface area contributed by atoms with Crippen molar-refractivity contribution in [1.82, 2.24) is 0 Å². The fourth-order valence-electron chi connectivity index (χ4n) is 1.94. The van der Waals surface area contributed by atoms with Crippen LogP contribution in [-0.4, -0.2) is 5.78 Å². The average Bonchev–Trinajstić information content (AvgIpc) is 2.48. The summed E-state index contributed by atoms with van der Waals surface area (Å²) >= 11 is 0. The van der Waals surface area contributed by atoms with E-state index >= 15 is 0 Å². The molecule has 0 aliphatic carbocycles. The number of hydrogen-bond donors (Lipinski definition) is 1. The minimum Gasteiger partial charge on any atom is -0.457 e. The number of hydrogen-bond acceptors (Lipinski definition) is 3. The van der Waals surface area contributed by atoms with Gasteiger partial charge < -0.3 is 10.5 Å². The van der Waals surface area contributed by atoms with Crippen LogP contribution in [-0.2, 0) is 0 Å². The molecular formula is C17H19NO2. The summed E-state index contributed by atoms with van der Waals surface area (Å²) in [5.74, 6) is 1.44. The van der Waals surface area contributed by atoms with Crippen molar-refractivity contribution in [2.75, 3.05) is 5.73 Å². The lowest BCUT2D eigenvalue weighted by Gasteiger charge is -2.09. The number of ketones is 1. The maximum Gasteiger partial charge on any atom is 0.165 e. The molecule has 0 heterocycles. The minimum atomic E-state index is 0.0721. The second-order valence-corrected chi connectivity index (χ2v) is 4.69. The van der Waals surface area contributed by atoms with E-state index in [1.54, 1.807) is 18.2 Å². The lowest BCUT2D eigenvalue weighted by molar-refractivity contribution is 0.0980. The summed E-state index contributed by atoms with van der Waals surface area (Å²) in [6.45, 7) is 2.06. The molecule has 0 unspecified atom stereocenters. The van der Waals surface area contributed by atoms with Gasteiger partial charge in [0.25, 0.3) is 0 Å². The zero-order valence-corrected chi connectivity index (χ0v) is 11.6. The van der Waals surface area contributed by atoms with Crippen molar-refractivity contribution in [1.29, 1.82) is 0 Å². The molecule has 0 radical (unpaired) electrons. The molecule has 2 aromatic carbocycles. The fraction of sp³-hybridized carbons (Fsp3) is 0.235. The first kappa shape index (κ1) is 14.1. The molecule has 3 heteroatoms. The number of carbonyl (C=O) groups is 1. The highest BCUT2D eigenvalue weighted by Crippen LogP contribution is 2.26. The van der Waals surface area contributed by atoms with Crippen LogP contribution in [0.5, 0.6) is 11.5 Å². The van der Waals surface area contributed by atoms with Crippen molar-refractivity contribution in [3.05, 3.63) is 54.1 Å². The Labute approximate surface area is 119 Å². The molecule has 104 valence electrons. The number of carbonyl (C=O) groups excluding carboxylic acids is 1. The molecule has 0 atom stereocenters. The van der Waals surface area contributed by atoms with Gasteiger partial charge in [0.1, 0.15) is 11.5 Å². The average molecular weight is 269 g/mol. The maximum atomic E-state index is 12.1. The van der Waals surface area contributed by atoms with Gasteiger partial charge in [0.2, 0.25) is 0 Å². The zero-order valence-electron chi connectivity index (χ0n) is 11.6. The number of ether oxygens (including phenoxy) is 1. The van der Waals surface area contributed by atoms with E-state index in [4.69, 9.17) is 10.5 Å². The monoisotopic (exact) mass is 269 g/mol. The fourth-order valence-corrected chi connectivity index (χ4v) is 1.94. The predicted octanol–water partition coefficient (Wildman–Crippen LogP) is 4.43. The van der Waals surface area contributed by atoms with Crippen molar-refractivity contribution >= 4 is 11.5 Å². The second kappa shape index (κ2) is 6.75. The first-order valence-electron chi connectivity index (χ1n) is 6.86. The Balaban J connectivity index is 2.18. The molecule has 0 saturated carbocycles. The van der Waals surface area contributed by atoms with Gasteiger partial charge in [-0.1, -0.05) is 31.5 Å². The maximum absolute atomic E-state index is 12.1. The highest BCUT2D eigenvalue weighted by atomic mass is 16.5. The topological polar surface area (TPSA) is 52.3 Å². The van der Waals surface area contributed by atoms with E-state index in [-0.39, 0.29) is 5.78 Å². The number of benzene rings is 2. The quantitative estimate of drug-likeness (QED) is 0.623. The summed E-state index contributed by atoms with van der Waals surface area (Å²) in [4.78, 5) is 12.1. The Morgan fingerprint density at radius 3 is 2.55 bits per heavy atom. The van der Waals surface area contributed by atoms with Gasteiger partial charge in [-0.2, -0.15) is 0 Å². The molecule has 2 N–H and O–H groups in total. The molecule has 0 aliphatic heterocycles. The lowest BCUT2D eigenvalue weighted by atomic mass is 10.0. The highest BCUT2D eigenvalue weighted by Gasteiger charge is 2.11. The summed E-state index contributed by atoms with van der Waals surface area (Å²) in [6.07, 6.45) is 2.39. The van der Waals surface area contributed by atoms with E-state index < -0.39 is 0 Å². The molecule has 0 bridgehead atoms. The summed E-state index contributed by atoms with van der Waals surface area (Å²) in [5, 5.41) is 0. The first-order chi connectivity index (χ1) is 9.70.